The van der Waals surface area contributed by atoms with Crippen molar-refractivity contribution in [3.63, 3.8) is 0 Å². The number of carbonyl (C=O) groups is 1. The van der Waals surface area contributed by atoms with Crippen LogP contribution in [0.1, 0.15) is 39.0 Å². The van der Waals surface area contributed by atoms with Gasteiger partial charge in [0.15, 0.2) is 0 Å². The predicted molar refractivity (Wildman–Crippen MR) is 64.4 cm³/mol. The summed E-state index contributed by atoms with van der Waals surface area (Å²) < 4.78 is 0. The summed E-state index contributed by atoms with van der Waals surface area (Å²) >= 11 is 0. The summed E-state index contributed by atoms with van der Waals surface area (Å²) in [6, 6.07) is 0.109. The normalized spacial score (nSPS) is 17.0. The lowest BCUT2D eigenvalue weighted by Crippen LogP contribution is -2.45. The van der Waals surface area contributed by atoms with E-state index in [2.05, 4.69) is 6.92 Å². The number of amides is 2. The molecule has 1 fully saturated rings. The van der Waals surface area contributed by atoms with E-state index < -0.39 is 0 Å². The van der Waals surface area contributed by atoms with Gasteiger partial charge in [-0.2, -0.15) is 0 Å². The minimum absolute atomic E-state index is 0.0551. The first-order valence-corrected chi connectivity index (χ1v) is 6.44. The molecule has 0 saturated carbocycles. The second-order valence-electron chi connectivity index (χ2n) is 4.39. The van der Waals surface area contributed by atoms with Crippen molar-refractivity contribution in [1.29, 1.82) is 0 Å². The average molecular weight is 228 g/mol. The summed E-state index contributed by atoms with van der Waals surface area (Å²) in [5, 5.41) is 8.95. The van der Waals surface area contributed by atoms with Crippen LogP contribution in [0.15, 0.2) is 0 Å². The van der Waals surface area contributed by atoms with Gasteiger partial charge in [-0.1, -0.05) is 19.8 Å². The molecule has 1 rings (SSSR count). The Morgan fingerprint density at radius 3 is 2.31 bits per heavy atom. The summed E-state index contributed by atoms with van der Waals surface area (Å²) in [5.41, 5.74) is 0. The fourth-order valence-electron chi connectivity index (χ4n) is 2.16. The number of carbonyl (C=O) groups excluding carboxylic acids is 1. The first-order chi connectivity index (χ1) is 7.79. The summed E-state index contributed by atoms with van der Waals surface area (Å²) in [6.07, 6.45) is 5.64. The van der Waals surface area contributed by atoms with Crippen molar-refractivity contribution in [2.45, 2.75) is 39.0 Å². The van der Waals surface area contributed by atoms with E-state index >= 15 is 0 Å². The van der Waals surface area contributed by atoms with Gasteiger partial charge in [0.25, 0.3) is 0 Å². The third kappa shape index (κ3) is 4.00. The maximum atomic E-state index is 12.2. The SMILES string of the molecule is CCCN(CCO)C(=O)N1CCCCCC1. The molecule has 0 radical (unpaired) electrons. The van der Waals surface area contributed by atoms with Crippen LogP contribution in [0.2, 0.25) is 0 Å². The molecule has 1 heterocycles. The third-order valence-corrected chi connectivity index (χ3v) is 3.01. The van der Waals surface area contributed by atoms with Crippen molar-refractivity contribution in [2.24, 2.45) is 0 Å². The largest absolute Gasteiger partial charge is 0.395 e. The van der Waals surface area contributed by atoms with Crippen molar-refractivity contribution in [2.75, 3.05) is 32.8 Å². The van der Waals surface area contributed by atoms with Gasteiger partial charge in [0, 0.05) is 26.2 Å². The highest BCUT2D eigenvalue weighted by molar-refractivity contribution is 5.74. The molecular weight excluding hydrogens is 204 g/mol. The molecule has 94 valence electrons. The number of aliphatic hydroxyl groups is 1. The molecule has 0 atom stereocenters. The second kappa shape index (κ2) is 7.49. The number of hydrogen-bond donors (Lipinski definition) is 1. The van der Waals surface area contributed by atoms with E-state index in [0.29, 0.717) is 6.54 Å². The first kappa shape index (κ1) is 13.3. The Labute approximate surface area is 98.2 Å². The van der Waals surface area contributed by atoms with E-state index in [1.165, 1.54) is 12.8 Å². The molecule has 4 heteroatoms. The molecule has 1 aliphatic rings. The molecule has 1 saturated heterocycles. The number of rotatable bonds is 4. The molecule has 4 nitrogen and oxygen atoms in total. The third-order valence-electron chi connectivity index (χ3n) is 3.01. The Kier molecular flexibility index (Phi) is 6.23. The standard InChI is InChI=1S/C12H24N2O2/c1-2-7-13(10-11-15)12(16)14-8-5-3-4-6-9-14/h15H,2-11H2,1H3. The highest BCUT2D eigenvalue weighted by Crippen LogP contribution is 2.11. The van der Waals surface area contributed by atoms with Crippen molar-refractivity contribution < 1.29 is 9.90 Å². The van der Waals surface area contributed by atoms with Gasteiger partial charge in [-0.25, -0.2) is 4.79 Å². The van der Waals surface area contributed by atoms with Gasteiger partial charge in [-0.3, -0.25) is 0 Å². The van der Waals surface area contributed by atoms with Crippen LogP contribution in [0.5, 0.6) is 0 Å². The number of aliphatic hydroxyl groups excluding tert-OH is 1. The molecule has 1 aliphatic heterocycles. The zero-order chi connectivity index (χ0) is 11.8. The van der Waals surface area contributed by atoms with E-state index in [0.717, 1.165) is 38.9 Å². The summed E-state index contributed by atoms with van der Waals surface area (Å²) in [7, 11) is 0. The van der Waals surface area contributed by atoms with Crippen LogP contribution in [0.25, 0.3) is 0 Å². The lowest BCUT2D eigenvalue weighted by molar-refractivity contribution is 0.141. The van der Waals surface area contributed by atoms with Crippen molar-refractivity contribution in [3.8, 4) is 0 Å². The first-order valence-electron chi connectivity index (χ1n) is 6.44. The van der Waals surface area contributed by atoms with Crippen LogP contribution in [0, 0.1) is 0 Å². The highest BCUT2D eigenvalue weighted by Gasteiger charge is 2.20. The van der Waals surface area contributed by atoms with Gasteiger partial charge >= 0.3 is 6.03 Å². The van der Waals surface area contributed by atoms with Gasteiger partial charge in [0.05, 0.1) is 6.61 Å². The summed E-state index contributed by atoms with van der Waals surface area (Å²) in [5.74, 6) is 0. The second-order valence-corrected chi connectivity index (χ2v) is 4.39. The summed E-state index contributed by atoms with van der Waals surface area (Å²) in [4.78, 5) is 15.9. The average Bonchev–Trinajstić information content (AvgIpc) is 2.56. The zero-order valence-corrected chi connectivity index (χ0v) is 10.3. The Morgan fingerprint density at radius 2 is 1.81 bits per heavy atom. The van der Waals surface area contributed by atoms with Crippen molar-refractivity contribution >= 4 is 6.03 Å². The molecule has 0 aromatic carbocycles. The molecule has 2 amide bonds. The maximum absolute atomic E-state index is 12.2. The number of urea groups is 1. The molecule has 1 N–H and O–H groups in total. The molecule has 0 aromatic rings. The summed E-state index contributed by atoms with van der Waals surface area (Å²) in [6.45, 7) is 5.08. The van der Waals surface area contributed by atoms with Crippen LogP contribution >= 0.6 is 0 Å². The molecule has 0 spiro atoms. The Balaban J connectivity index is 2.49. The minimum Gasteiger partial charge on any atom is -0.395 e. The fraction of sp³-hybridized carbons (Fsp3) is 0.917. The monoisotopic (exact) mass is 228 g/mol. The number of hydrogen-bond acceptors (Lipinski definition) is 2. The van der Waals surface area contributed by atoms with Crippen LogP contribution in [-0.4, -0.2) is 53.7 Å². The Morgan fingerprint density at radius 1 is 1.19 bits per heavy atom. The van der Waals surface area contributed by atoms with Crippen LogP contribution in [0.3, 0.4) is 0 Å². The number of likely N-dealkylation sites (tertiary alicyclic amines) is 1. The Bertz CT molecular complexity index is 191. The van der Waals surface area contributed by atoms with Crippen molar-refractivity contribution in [1.82, 2.24) is 9.80 Å². The molecule has 0 aromatic heterocycles. The van der Waals surface area contributed by atoms with Gasteiger partial charge in [-0.15, -0.1) is 0 Å². The van der Waals surface area contributed by atoms with Crippen LogP contribution in [-0.2, 0) is 0 Å². The number of nitrogens with zero attached hydrogens (tertiary/aromatic N) is 2. The Hall–Kier alpha value is -0.770. The van der Waals surface area contributed by atoms with Gasteiger partial charge in [-0.05, 0) is 19.3 Å². The molecular formula is C12H24N2O2. The zero-order valence-electron chi connectivity index (χ0n) is 10.3. The van der Waals surface area contributed by atoms with Gasteiger partial charge in [0.1, 0.15) is 0 Å². The highest BCUT2D eigenvalue weighted by atomic mass is 16.3. The molecule has 0 unspecified atom stereocenters. The van der Waals surface area contributed by atoms with E-state index in [1.807, 2.05) is 4.90 Å². The predicted octanol–water partition coefficient (Wildman–Crippen LogP) is 1.69. The maximum Gasteiger partial charge on any atom is 0.320 e. The minimum atomic E-state index is 0.0551. The smallest absolute Gasteiger partial charge is 0.320 e. The quantitative estimate of drug-likeness (QED) is 0.795. The lowest BCUT2D eigenvalue weighted by atomic mass is 10.2. The van der Waals surface area contributed by atoms with E-state index in [1.54, 1.807) is 4.90 Å². The van der Waals surface area contributed by atoms with Gasteiger partial charge in [0.2, 0.25) is 0 Å². The van der Waals surface area contributed by atoms with Crippen LogP contribution in [0.4, 0.5) is 4.79 Å². The lowest BCUT2D eigenvalue weighted by Gasteiger charge is -2.29. The van der Waals surface area contributed by atoms with Crippen LogP contribution < -0.4 is 0 Å². The molecule has 0 aliphatic carbocycles. The fourth-order valence-corrected chi connectivity index (χ4v) is 2.16. The molecule has 0 bridgehead atoms. The van der Waals surface area contributed by atoms with Crippen molar-refractivity contribution in [3.05, 3.63) is 0 Å². The van der Waals surface area contributed by atoms with E-state index in [9.17, 15) is 4.79 Å². The van der Waals surface area contributed by atoms with E-state index in [4.69, 9.17) is 5.11 Å². The molecule has 16 heavy (non-hydrogen) atoms. The van der Waals surface area contributed by atoms with E-state index in [-0.39, 0.29) is 12.6 Å². The van der Waals surface area contributed by atoms with Gasteiger partial charge < -0.3 is 14.9 Å². The topological polar surface area (TPSA) is 43.8 Å².